The smallest absolute Gasteiger partial charge is 0.306 e. The van der Waals surface area contributed by atoms with Gasteiger partial charge in [-0.1, -0.05) is 35.3 Å². The van der Waals surface area contributed by atoms with Crippen LogP contribution in [0.1, 0.15) is 12.8 Å². The third-order valence-electron chi connectivity index (χ3n) is 4.56. The number of ether oxygens (including phenoxy) is 3. The largest absolute Gasteiger partial charge is 0.493 e. The highest BCUT2D eigenvalue weighted by atomic mass is 35.5. The van der Waals surface area contributed by atoms with Gasteiger partial charge in [0.1, 0.15) is 5.75 Å². The second kappa shape index (κ2) is 12.6. The molecule has 2 N–H and O–H groups in total. The summed E-state index contributed by atoms with van der Waals surface area (Å²) in [5.74, 6) is 0.136. The Kier molecular flexibility index (Phi) is 9.34. The highest BCUT2D eigenvalue weighted by Crippen LogP contribution is 2.31. The number of esters is 1. The Bertz CT molecular complexity index is 1200. The number of halogens is 2. The lowest BCUT2D eigenvalue weighted by Gasteiger charge is -2.11. The summed E-state index contributed by atoms with van der Waals surface area (Å²) in [5.41, 5.74) is 0.955. The van der Waals surface area contributed by atoms with Crippen molar-refractivity contribution in [3.8, 4) is 17.2 Å². The van der Waals surface area contributed by atoms with Crippen molar-refractivity contribution in [3.05, 3.63) is 76.8 Å². The van der Waals surface area contributed by atoms with E-state index in [1.54, 1.807) is 49.6 Å². The van der Waals surface area contributed by atoms with Crippen LogP contribution in [0, 0.1) is 0 Å². The van der Waals surface area contributed by atoms with Gasteiger partial charge in [-0.15, -0.1) is 0 Å². The predicted molar refractivity (Wildman–Crippen MR) is 133 cm³/mol. The number of carbonyl (C=O) groups excluding carboxylic acids is 3. The fraction of sp³-hybridized carbons (Fsp3) is 0.160. The summed E-state index contributed by atoms with van der Waals surface area (Å²) in [4.78, 5) is 35.9. The van der Waals surface area contributed by atoms with Crippen LogP contribution in [0.15, 0.2) is 66.7 Å². The first kappa shape index (κ1) is 25.9. The Balaban J connectivity index is 1.38. The molecule has 0 bridgehead atoms. The average Bonchev–Trinajstić information content (AvgIpc) is 2.85. The second-order valence-corrected chi connectivity index (χ2v) is 7.98. The lowest BCUT2D eigenvalue weighted by atomic mass is 10.2. The maximum absolute atomic E-state index is 12.1. The molecule has 0 heterocycles. The van der Waals surface area contributed by atoms with Gasteiger partial charge in [-0.25, -0.2) is 0 Å². The number of para-hydroxylation sites is 2. The Labute approximate surface area is 212 Å². The molecule has 3 aromatic rings. The lowest BCUT2D eigenvalue weighted by Crippen LogP contribution is -2.21. The van der Waals surface area contributed by atoms with E-state index in [4.69, 9.17) is 37.4 Å². The number of benzene rings is 3. The van der Waals surface area contributed by atoms with Crippen LogP contribution in [-0.4, -0.2) is 31.5 Å². The van der Waals surface area contributed by atoms with E-state index in [0.29, 0.717) is 33.6 Å². The molecular formula is C25H22Cl2N2O6. The molecule has 0 atom stereocenters. The van der Waals surface area contributed by atoms with Crippen LogP contribution >= 0.6 is 23.2 Å². The summed E-state index contributed by atoms with van der Waals surface area (Å²) in [6.45, 7) is -0.492. The molecule has 0 unspecified atom stereocenters. The van der Waals surface area contributed by atoms with E-state index in [2.05, 4.69) is 10.6 Å². The fourth-order valence-corrected chi connectivity index (χ4v) is 3.16. The molecule has 0 aromatic heterocycles. The lowest BCUT2D eigenvalue weighted by molar-refractivity contribution is -0.147. The van der Waals surface area contributed by atoms with Gasteiger partial charge in [-0.2, -0.15) is 0 Å². The predicted octanol–water partition coefficient (Wildman–Crippen LogP) is 5.69. The van der Waals surface area contributed by atoms with Crippen LogP contribution in [0.5, 0.6) is 17.2 Å². The maximum Gasteiger partial charge on any atom is 0.306 e. The van der Waals surface area contributed by atoms with Crippen molar-refractivity contribution in [1.29, 1.82) is 0 Å². The summed E-state index contributed by atoms with van der Waals surface area (Å²) in [5, 5.41) is 5.86. The van der Waals surface area contributed by atoms with Gasteiger partial charge >= 0.3 is 5.97 Å². The van der Waals surface area contributed by atoms with Gasteiger partial charge in [-0.3, -0.25) is 14.4 Å². The number of carbonyl (C=O) groups is 3. The zero-order valence-electron chi connectivity index (χ0n) is 18.7. The topological polar surface area (TPSA) is 103 Å². The molecule has 2 amide bonds. The van der Waals surface area contributed by atoms with Crippen LogP contribution < -0.4 is 20.1 Å². The first-order valence-electron chi connectivity index (χ1n) is 10.5. The number of rotatable bonds is 10. The standard InChI is InChI=1S/C25H22Cl2N2O6/c1-33-21-4-2-3-5-22(21)35-18-9-6-16(7-10-18)28-23(30)12-13-25(32)34-15-24(31)29-17-8-11-19(26)20(27)14-17/h2-11,14H,12-13,15H2,1H3,(H,28,30)(H,29,31). The van der Waals surface area contributed by atoms with Crippen molar-refractivity contribution < 1.29 is 28.6 Å². The molecule has 0 saturated carbocycles. The number of amides is 2. The quantitative estimate of drug-likeness (QED) is 0.335. The molecule has 0 aliphatic carbocycles. The summed E-state index contributed by atoms with van der Waals surface area (Å²) in [7, 11) is 1.56. The van der Waals surface area contributed by atoms with Crippen LogP contribution in [0.2, 0.25) is 10.0 Å². The van der Waals surface area contributed by atoms with Crippen molar-refractivity contribution in [2.24, 2.45) is 0 Å². The van der Waals surface area contributed by atoms with E-state index in [-0.39, 0.29) is 23.8 Å². The molecule has 35 heavy (non-hydrogen) atoms. The van der Waals surface area contributed by atoms with E-state index in [1.807, 2.05) is 12.1 Å². The Morgan fingerprint density at radius 3 is 2.11 bits per heavy atom. The average molecular weight is 517 g/mol. The van der Waals surface area contributed by atoms with Gasteiger partial charge in [0.25, 0.3) is 5.91 Å². The molecule has 0 saturated heterocycles. The summed E-state index contributed by atoms with van der Waals surface area (Å²) in [6.07, 6.45) is -0.284. The summed E-state index contributed by atoms with van der Waals surface area (Å²) in [6, 6.07) is 18.6. The van der Waals surface area contributed by atoms with Gasteiger partial charge < -0.3 is 24.8 Å². The van der Waals surface area contributed by atoms with Gasteiger partial charge in [0.2, 0.25) is 5.91 Å². The monoisotopic (exact) mass is 516 g/mol. The first-order valence-corrected chi connectivity index (χ1v) is 11.2. The van der Waals surface area contributed by atoms with Crippen molar-refractivity contribution in [2.45, 2.75) is 12.8 Å². The zero-order valence-corrected chi connectivity index (χ0v) is 20.2. The Morgan fingerprint density at radius 2 is 1.43 bits per heavy atom. The fourth-order valence-electron chi connectivity index (χ4n) is 2.86. The zero-order chi connectivity index (χ0) is 25.2. The molecule has 0 spiro atoms. The molecule has 3 rings (SSSR count). The third kappa shape index (κ3) is 8.20. The van der Waals surface area contributed by atoms with Gasteiger partial charge in [0, 0.05) is 17.8 Å². The normalized spacial score (nSPS) is 10.3. The van der Waals surface area contributed by atoms with Gasteiger partial charge in [0.15, 0.2) is 18.1 Å². The highest BCUT2D eigenvalue weighted by molar-refractivity contribution is 6.42. The number of hydrogen-bond donors (Lipinski definition) is 2. The third-order valence-corrected chi connectivity index (χ3v) is 5.30. The van der Waals surface area contributed by atoms with Crippen LogP contribution in [0.3, 0.4) is 0 Å². The molecule has 0 fully saturated rings. The van der Waals surface area contributed by atoms with E-state index in [0.717, 1.165) is 0 Å². The Hall–Kier alpha value is -3.75. The summed E-state index contributed by atoms with van der Waals surface area (Å²) >= 11 is 11.7. The molecule has 10 heteroatoms. The summed E-state index contributed by atoms with van der Waals surface area (Å²) < 4.78 is 15.9. The number of methoxy groups -OCH3 is 1. The van der Waals surface area contributed by atoms with E-state index >= 15 is 0 Å². The minimum absolute atomic E-state index is 0.104. The minimum Gasteiger partial charge on any atom is -0.493 e. The van der Waals surface area contributed by atoms with E-state index < -0.39 is 18.5 Å². The van der Waals surface area contributed by atoms with Gasteiger partial charge in [-0.05, 0) is 54.6 Å². The molecule has 182 valence electrons. The maximum atomic E-state index is 12.1. The Morgan fingerprint density at radius 1 is 0.771 bits per heavy atom. The van der Waals surface area contributed by atoms with E-state index in [9.17, 15) is 14.4 Å². The first-order chi connectivity index (χ1) is 16.8. The van der Waals surface area contributed by atoms with E-state index in [1.165, 1.54) is 12.1 Å². The van der Waals surface area contributed by atoms with Crippen molar-refractivity contribution in [2.75, 3.05) is 24.4 Å². The number of nitrogens with one attached hydrogen (secondary N) is 2. The minimum atomic E-state index is -0.676. The molecule has 0 radical (unpaired) electrons. The highest BCUT2D eigenvalue weighted by Gasteiger charge is 2.12. The van der Waals surface area contributed by atoms with Crippen molar-refractivity contribution >= 4 is 52.4 Å². The molecule has 0 aliphatic heterocycles. The second-order valence-electron chi connectivity index (χ2n) is 7.16. The molecule has 3 aromatic carbocycles. The SMILES string of the molecule is COc1ccccc1Oc1ccc(NC(=O)CCC(=O)OCC(=O)Nc2ccc(Cl)c(Cl)c2)cc1. The molecular weight excluding hydrogens is 495 g/mol. The van der Waals surface area contributed by atoms with Crippen molar-refractivity contribution in [3.63, 3.8) is 0 Å². The van der Waals surface area contributed by atoms with Gasteiger partial charge in [0.05, 0.1) is 23.6 Å². The number of anilines is 2. The number of hydrogen-bond acceptors (Lipinski definition) is 6. The van der Waals surface area contributed by atoms with Crippen LogP contribution in [-0.2, 0) is 19.1 Å². The van der Waals surface area contributed by atoms with Crippen LogP contribution in [0.25, 0.3) is 0 Å². The van der Waals surface area contributed by atoms with Crippen LogP contribution in [0.4, 0.5) is 11.4 Å². The molecule has 0 aliphatic rings. The molecule has 8 nitrogen and oxygen atoms in total. The van der Waals surface area contributed by atoms with Crippen molar-refractivity contribution in [1.82, 2.24) is 0 Å².